The van der Waals surface area contributed by atoms with E-state index in [-0.39, 0.29) is 23.1 Å². The average Bonchev–Trinajstić information content (AvgIpc) is 3.03. The number of ketones is 1. The monoisotopic (exact) mass is 369 g/mol. The van der Waals surface area contributed by atoms with Gasteiger partial charge in [-0.25, -0.2) is 8.42 Å². The lowest BCUT2D eigenvalue weighted by molar-refractivity contribution is -0.121. The zero-order valence-corrected chi connectivity index (χ0v) is 15.8. The molecule has 0 aliphatic carbocycles. The second kappa shape index (κ2) is 7.17. The number of aryl methyl sites for hydroxylation is 1. The highest BCUT2D eigenvalue weighted by molar-refractivity contribution is 7.89. The molecule has 0 spiro atoms. The van der Waals surface area contributed by atoms with E-state index in [1.807, 2.05) is 37.3 Å². The van der Waals surface area contributed by atoms with Crippen molar-refractivity contribution in [3.63, 3.8) is 0 Å². The summed E-state index contributed by atoms with van der Waals surface area (Å²) in [6.07, 6.45) is 1.72. The molecule has 3 rings (SSSR count). The lowest BCUT2D eigenvalue weighted by Gasteiger charge is -2.27. The smallest absolute Gasteiger partial charge is 0.243 e. The quantitative estimate of drug-likeness (QED) is 0.754. The van der Waals surface area contributed by atoms with E-state index < -0.39 is 22.0 Å². The van der Waals surface area contributed by atoms with Gasteiger partial charge in [0.2, 0.25) is 10.0 Å². The van der Waals surface area contributed by atoms with Crippen LogP contribution in [0.1, 0.15) is 24.1 Å². The number of carbonyl (C=O) groups excluding carboxylic acids is 1. The van der Waals surface area contributed by atoms with Crippen molar-refractivity contribution >= 4 is 15.8 Å². The van der Waals surface area contributed by atoms with Crippen LogP contribution in [0.4, 0.5) is 0 Å². The van der Waals surface area contributed by atoms with Crippen molar-refractivity contribution in [2.75, 3.05) is 6.54 Å². The summed E-state index contributed by atoms with van der Waals surface area (Å²) in [5, 5.41) is 0. The van der Waals surface area contributed by atoms with Gasteiger partial charge in [-0.1, -0.05) is 54.1 Å². The Morgan fingerprint density at radius 1 is 1.12 bits per heavy atom. The summed E-state index contributed by atoms with van der Waals surface area (Å²) in [4.78, 5) is 12.4. The minimum absolute atomic E-state index is 0.0163. The topological polar surface area (TPSA) is 54.5 Å². The van der Waals surface area contributed by atoms with Crippen molar-refractivity contribution in [1.29, 1.82) is 0 Å². The van der Waals surface area contributed by atoms with Crippen LogP contribution >= 0.6 is 0 Å². The van der Waals surface area contributed by atoms with Crippen molar-refractivity contribution in [3.05, 3.63) is 78.4 Å². The number of Topliss-reactive ketones (excluding diaryl/α,β-unsaturated/α-hetero) is 1. The molecule has 0 unspecified atom stereocenters. The summed E-state index contributed by atoms with van der Waals surface area (Å²) in [5.41, 5.74) is 1.87. The minimum atomic E-state index is -3.73. The van der Waals surface area contributed by atoms with Crippen LogP contribution in [0.25, 0.3) is 0 Å². The van der Waals surface area contributed by atoms with Crippen molar-refractivity contribution in [1.82, 2.24) is 4.31 Å². The van der Waals surface area contributed by atoms with Gasteiger partial charge < -0.3 is 0 Å². The van der Waals surface area contributed by atoms with Crippen LogP contribution in [0, 0.1) is 18.8 Å². The number of hydrogen-bond donors (Lipinski definition) is 0. The molecule has 4 nitrogen and oxygen atoms in total. The van der Waals surface area contributed by atoms with Crippen molar-refractivity contribution in [2.24, 2.45) is 11.8 Å². The van der Waals surface area contributed by atoms with Crippen LogP contribution in [-0.2, 0) is 14.8 Å². The summed E-state index contributed by atoms with van der Waals surface area (Å²) in [6, 6.07) is 15.8. The third kappa shape index (κ3) is 3.24. The normalized spacial score (nSPS) is 23.7. The zero-order valence-electron chi connectivity index (χ0n) is 15.0. The Hall–Kier alpha value is -2.24. The van der Waals surface area contributed by atoms with E-state index in [0.717, 1.165) is 11.1 Å². The number of benzene rings is 2. The largest absolute Gasteiger partial charge is 0.300 e. The second-order valence-electron chi connectivity index (χ2n) is 6.77. The maximum atomic E-state index is 13.3. The van der Waals surface area contributed by atoms with Gasteiger partial charge in [-0.2, -0.15) is 4.31 Å². The predicted molar refractivity (Wildman–Crippen MR) is 102 cm³/mol. The first kappa shape index (κ1) is 18.5. The van der Waals surface area contributed by atoms with Crippen LogP contribution in [0.2, 0.25) is 0 Å². The third-order valence-corrected chi connectivity index (χ3v) is 6.94. The molecule has 136 valence electrons. The molecule has 2 aromatic carbocycles. The molecule has 2 aromatic rings. The van der Waals surface area contributed by atoms with Crippen LogP contribution in [-0.4, -0.2) is 25.1 Å². The number of rotatable bonds is 5. The van der Waals surface area contributed by atoms with Crippen LogP contribution in [0.3, 0.4) is 0 Å². The molecule has 1 fully saturated rings. The lowest BCUT2D eigenvalue weighted by Crippen LogP contribution is -2.32. The van der Waals surface area contributed by atoms with E-state index in [9.17, 15) is 13.2 Å². The van der Waals surface area contributed by atoms with Crippen LogP contribution in [0.5, 0.6) is 0 Å². The number of carbonyl (C=O) groups is 1. The molecule has 0 bridgehead atoms. The average molecular weight is 369 g/mol. The number of hydrogen-bond acceptors (Lipinski definition) is 3. The Morgan fingerprint density at radius 3 is 2.27 bits per heavy atom. The van der Waals surface area contributed by atoms with Gasteiger partial charge in [-0.3, -0.25) is 4.79 Å². The molecule has 1 aliphatic rings. The van der Waals surface area contributed by atoms with Crippen LogP contribution < -0.4 is 0 Å². The van der Waals surface area contributed by atoms with E-state index in [4.69, 9.17) is 0 Å². The molecule has 0 amide bonds. The van der Waals surface area contributed by atoms with Gasteiger partial charge in [-0.15, -0.1) is 6.58 Å². The standard InChI is InChI=1S/C21H23NO3S/c1-4-19-20(16(3)23)14-22(21(19)17-8-6-5-7-9-17)26(24,25)18-12-10-15(2)11-13-18/h4-13,19-21H,1,14H2,2-3H3/t19-,20+,21-/m1/s1. The Kier molecular flexibility index (Phi) is 5.12. The highest BCUT2D eigenvalue weighted by Crippen LogP contribution is 2.44. The van der Waals surface area contributed by atoms with Gasteiger partial charge in [-0.05, 0) is 31.5 Å². The molecular formula is C21H23NO3S. The molecule has 1 heterocycles. The van der Waals surface area contributed by atoms with Gasteiger partial charge in [0.25, 0.3) is 0 Å². The Labute approximate surface area is 155 Å². The Morgan fingerprint density at radius 2 is 1.73 bits per heavy atom. The highest BCUT2D eigenvalue weighted by Gasteiger charge is 2.48. The maximum absolute atomic E-state index is 13.3. The minimum Gasteiger partial charge on any atom is -0.300 e. The van der Waals surface area contributed by atoms with Crippen LogP contribution in [0.15, 0.2) is 72.1 Å². The van der Waals surface area contributed by atoms with Gasteiger partial charge in [0.05, 0.1) is 10.9 Å². The van der Waals surface area contributed by atoms with Gasteiger partial charge in [0.15, 0.2) is 0 Å². The number of nitrogens with zero attached hydrogens (tertiary/aromatic N) is 1. The van der Waals surface area contributed by atoms with Gasteiger partial charge >= 0.3 is 0 Å². The Balaban J connectivity index is 2.12. The summed E-state index contributed by atoms with van der Waals surface area (Å²) >= 11 is 0. The molecule has 0 aromatic heterocycles. The SMILES string of the molecule is C=C[C@H]1[C@@H](c2ccccc2)N(S(=O)(=O)c2ccc(C)cc2)C[C@H]1C(C)=O. The van der Waals surface area contributed by atoms with Crippen molar-refractivity contribution in [3.8, 4) is 0 Å². The van der Waals surface area contributed by atoms with Gasteiger partial charge in [0, 0.05) is 18.4 Å². The summed E-state index contributed by atoms with van der Waals surface area (Å²) in [5.74, 6) is -0.662. The van der Waals surface area contributed by atoms with E-state index in [1.165, 1.54) is 11.2 Å². The van der Waals surface area contributed by atoms with E-state index in [2.05, 4.69) is 6.58 Å². The first-order chi connectivity index (χ1) is 12.4. The second-order valence-corrected chi connectivity index (χ2v) is 8.66. The van der Waals surface area contributed by atoms with E-state index in [0.29, 0.717) is 0 Å². The third-order valence-electron chi connectivity index (χ3n) is 5.08. The van der Waals surface area contributed by atoms with Gasteiger partial charge in [0.1, 0.15) is 5.78 Å². The molecular weight excluding hydrogens is 346 g/mol. The van der Waals surface area contributed by atoms with E-state index in [1.54, 1.807) is 30.3 Å². The summed E-state index contributed by atoms with van der Waals surface area (Å²) in [7, 11) is -3.73. The fourth-order valence-corrected chi connectivity index (χ4v) is 5.33. The van der Waals surface area contributed by atoms with Crippen molar-refractivity contribution < 1.29 is 13.2 Å². The lowest BCUT2D eigenvalue weighted by atomic mass is 9.85. The summed E-state index contributed by atoms with van der Waals surface area (Å²) < 4.78 is 28.1. The maximum Gasteiger partial charge on any atom is 0.243 e. The summed E-state index contributed by atoms with van der Waals surface area (Å²) in [6.45, 7) is 7.48. The predicted octanol–water partition coefficient (Wildman–Crippen LogP) is 3.75. The molecule has 0 N–H and O–H groups in total. The molecule has 5 heteroatoms. The molecule has 3 atom stereocenters. The fraction of sp³-hybridized carbons (Fsp3) is 0.286. The first-order valence-electron chi connectivity index (χ1n) is 8.62. The molecule has 0 saturated carbocycles. The molecule has 0 radical (unpaired) electrons. The van der Waals surface area contributed by atoms with E-state index >= 15 is 0 Å². The Bertz CT molecular complexity index is 904. The molecule has 1 saturated heterocycles. The number of sulfonamides is 1. The molecule has 1 aliphatic heterocycles. The zero-order chi connectivity index (χ0) is 18.9. The first-order valence-corrected chi connectivity index (χ1v) is 10.1. The molecule has 26 heavy (non-hydrogen) atoms. The van der Waals surface area contributed by atoms with Crippen molar-refractivity contribution in [2.45, 2.75) is 24.8 Å². The fourth-order valence-electron chi connectivity index (χ4n) is 3.67. The highest BCUT2D eigenvalue weighted by atomic mass is 32.2.